The van der Waals surface area contributed by atoms with Crippen molar-refractivity contribution in [2.75, 3.05) is 24.5 Å². The third kappa shape index (κ3) is 4.75. The average molecular weight is 475 g/mol. The number of anilines is 1. The Hall–Kier alpha value is -3.45. The molecule has 2 aromatic carbocycles. The van der Waals surface area contributed by atoms with E-state index in [0.29, 0.717) is 29.0 Å². The topological polar surface area (TPSA) is 75.4 Å². The number of nitrogens with one attached hydrogen (secondary N) is 1. The van der Waals surface area contributed by atoms with Gasteiger partial charge in [0.1, 0.15) is 5.82 Å². The van der Waals surface area contributed by atoms with Crippen LogP contribution in [0, 0.1) is 5.92 Å². The molecule has 2 aromatic heterocycles. The van der Waals surface area contributed by atoms with Crippen LogP contribution in [0.1, 0.15) is 31.2 Å². The fourth-order valence-electron chi connectivity index (χ4n) is 4.40. The van der Waals surface area contributed by atoms with Gasteiger partial charge in [-0.1, -0.05) is 48.9 Å². The van der Waals surface area contributed by atoms with Crippen LogP contribution in [-0.2, 0) is 4.79 Å². The number of piperidine rings is 1. The Labute approximate surface area is 203 Å². The zero-order valence-electron chi connectivity index (χ0n) is 19.1. The van der Waals surface area contributed by atoms with Crippen molar-refractivity contribution in [3.8, 4) is 11.4 Å². The fourth-order valence-corrected chi connectivity index (χ4v) is 4.52. The quantitative estimate of drug-likeness (QED) is 0.442. The van der Waals surface area contributed by atoms with E-state index in [0.717, 1.165) is 37.3 Å². The monoisotopic (exact) mass is 474 g/mol. The summed E-state index contributed by atoms with van der Waals surface area (Å²) in [7, 11) is 0. The van der Waals surface area contributed by atoms with E-state index in [1.165, 1.54) is 5.56 Å². The highest BCUT2D eigenvalue weighted by atomic mass is 35.5. The molecule has 5 rings (SSSR count). The zero-order valence-corrected chi connectivity index (χ0v) is 19.8. The molecule has 3 heterocycles. The van der Waals surface area contributed by atoms with Crippen LogP contribution in [0.5, 0.6) is 0 Å². The molecule has 1 aliphatic heterocycles. The third-order valence-electron chi connectivity index (χ3n) is 6.49. The van der Waals surface area contributed by atoms with Crippen molar-refractivity contribution in [3.05, 3.63) is 77.3 Å². The number of rotatable bonds is 6. The van der Waals surface area contributed by atoms with Crippen LogP contribution in [-0.4, -0.2) is 45.4 Å². The first-order valence-electron chi connectivity index (χ1n) is 11.6. The number of benzene rings is 2. The molecule has 1 N–H and O–H groups in total. The summed E-state index contributed by atoms with van der Waals surface area (Å²) < 4.78 is 1.77. The molecule has 1 atom stereocenters. The molecule has 8 heteroatoms. The molecule has 4 aromatic rings. The molecule has 0 saturated carbocycles. The number of carbonyl (C=O) groups excluding carboxylic acids is 1. The minimum atomic E-state index is 0.0301. The molecule has 0 unspecified atom stereocenters. The van der Waals surface area contributed by atoms with Crippen LogP contribution in [0.3, 0.4) is 0 Å². The molecular weight excluding hydrogens is 448 g/mol. The smallest absolute Gasteiger partial charge is 0.223 e. The van der Waals surface area contributed by atoms with Gasteiger partial charge in [0.2, 0.25) is 5.91 Å². The number of halogens is 1. The lowest BCUT2D eigenvalue weighted by atomic mass is 9.95. The maximum atomic E-state index is 12.8. The average Bonchev–Trinajstić information content (AvgIpc) is 3.31. The first kappa shape index (κ1) is 22.3. The van der Waals surface area contributed by atoms with Crippen molar-refractivity contribution in [2.45, 2.75) is 25.7 Å². The molecule has 1 aliphatic rings. The first-order valence-corrected chi connectivity index (χ1v) is 12.0. The standard InChI is InChI=1S/C26H27ClN6O/c1-18(19-5-3-2-4-6-19)17-28-26(34)21-13-15-32(16-14-21)24-12-11-23-29-30-25(33(23)31-24)20-7-9-22(27)10-8-20/h2-12,18,21H,13-17H2,1H3,(H,28,34)/t18-/m1/s1. The summed E-state index contributed by atoms with van der Waals surface area (Å²) >= 11 is 6.02. The van der Waals surface area contributed by atoms with Crippen molar-refractivity contribution in [1.82, 2.24) is 25.1 Å². The van der Waals surface area contributed by atoms with E-state index in [-0.39, 0.29) is 11.8 Å². The largest absolute Gasteiger partial charge is 0.355 e. The van der Waals surface area contributed by atoms with E-state index in [1.807, 2.05) is 54.6 Å². The van der Waals surface area contributed by atoms with E-state index in [2.05, 4.69) is 39.5 Å². The Morgan fingerprint density at radius 1 is 1.03 bits per heavy atom. The van der Waals surface area contributed by atoms with Crippen LogP contribution in [0.25, 0.3) is 17.0 Å². The van der Waals surface area contributed by atoms with Gasteiger partial charge in [-0.3, -0.25) is 4.79 Å². The highest BCUT2D eigenvalue weighted by Crippen LogP contribution is 2.25. The third-order valence-corrected chi connectivity index (χ3v) is 6.74. The SMILES string of the molecule is C[C@H](CNC(=O)C1CCN(c2ccc3nnc(-c4ccc(Cl)cc4)n3n2)CC1)c1ccccc1. The summed E-state index contributed by atoms with van der Waals surface area (Å²) in [6, 6.07) is 21.7. The van der Waals surface area contributed by atoms with Crippen molar-refractivity contribution in [2.24, 2.45) is 5.92 Å². The summed E-state index contributed by atoms with van der Waals surface area (Å²) in [6.07, 6.45) is 1.61. The van der Waals surface area contributed by atoms with Gasteiger partial charge in [-0.2, -0.15) is 4.52 Å². The molecule has 7 nitrogen and oxygen atoms in total. The summed E-state index contributed by atoms with van der Waals surface area (Å²) in [6.45, 7) is 4.36. The summed E-state index contributed by atoms with van der Waals surface area (Å²) in [5.74, 6) is 2.01. The minimum absolute atomic E-state index is 0.0301. The van der Waals surface area contributed by atoms with Crippen molar-refractivity contribution in [3.63, 3.8) is 0 Å². The van der Waals surface area contributed by atoms with Gasteiger partial charge in [0.25, 0.3) is 0 Å². The molecule has 1 fully saturated rings. The van der Waals surface area contributed by atoms with Gasteiger partial charge in [0, 0.05) is 36.1 Å². The maximum Gasteiger partial charge on any atom is 0.223 e. The molecule has 0 aliphatic carbocycles. The number of carbonyl (C=O) groups is 1. The van der Waals surface area contributed by atoms with Gasteiger partial charge in [-0.15, -0.1) is 15.3 Å². The van der Waals surface area contributed by atoms with E-state index in [1.54, 1.807) is 4.52 Å². The maximum absolute atomic E-state index is 12.8. The summed E-state index contributed by atoms with van der Waals surface area (Å²) in [5.41, 5.74) is 2.84. The summed E-state index contributed by atoms with van der Waals surface area (Å²) in [5, 5.41) is 17.2. The lowest BCUT2D eigenvalue weighted by molar-refractivity contribution is -0.125. The Morgan fingerprint density at radius 2 is 1.76 bits per heavy atom. The molecule has 34 heavy (non-hydrogen) atoms. The Kier molecular flexibility index (Phi) is 6.45. The minimum Gasteiger partial charge on any atom is -0.355 e. The second-order valence-electron chi connectivity index (χ2n) is 8.81. The predicted octanol–water partition coefficient (Wildman–Crippen LogP) is 4.58. The van der Waals surface area contributed by atoms with Crippen molar-refractivity contribution in [1.29, 1.82) is 0 Å². The molecule has 0 spiro atoms. The van der Waals surface area contributed by atoms with Gasteiger partial charge in [0.15, 0.2) is 11.5 Å². The van der Waals surface area contributed by atoms with Gasteiger partial charge >= 0.3 is 0 Å². The number of aromatic nitrogens is 4. The normalized spacial score (nSPS) is 15.4. The number of nitrogens with zero attached hydrogens (tertiary/aromatic N) is 5. The van der Waals surface area contributed by atoms with Gasteiger partial charge in [-0.25, -0.2) is 0 Å². The van der Waals surface area contributed by atoms with Gasteiger partial charge in [-0.05, 0) is 60.7 Å². The molecular formula is C26H27ClN6O. The number of fused-ring (bicyclic) bond motifs is 1. The predicted molar refractivity (Wildman–Crippen MR) is 134 cm³/mol. The van der Waals surface area contributed by atoms with Crippen LogP contribution in [0.2, 0.25) is 5.02 Å². The Bertz CT molecular complexity index is 1270. The van der Waals surface area contributed by atoms with Crippen LogP contribution in [0.4, 0.5) is 5.82 Å². The zero-order chi connectivity index (χ0) is 23.5. The highest BCUT2D eigenvalue weighted by molar-refractivity contribution is 6.30. The second-order valence-corrected chi connectivity index (χ2v) is 9.25. The summed E-state index contributed by atoms with van der Waals surface area (Å²) in [4.78, 5) is 15.0. The van der Waals surface area contributed by atoms with Crippen LogP contribution >= 0.6 is 11.6 Å². The molecule has 1 amide bonds. The number of hydrogen-bond acceptors (Lipinski definition) is 5. The highest BCUT2D eigenvalue weighted by Gasteiger charge is 2.26. The molecule has 0 bridgehead atoms. The van der Waals surface area contributed by atoms with E-state index in [9.17, 15) is 4.79 Å². The van der Waals surface area contributed by atoms with Crippen LogP contribution in [0.15, 0.2) is 66.7 Å². The first-order chi connectivity index (χ1) is 16.6. The van der Waals surface area contributed by atoms with Crippen molar-refractivity contribution < 1.29 is 4.79 Å². The van der Waals surface area contributed by atoms with Gasteiger partial charge in [0.05, 0.1) is 0 Å². The Balaban J connectivity index is 1.21. The van der Waals surface area contributed by atoms with Crippen molar-refractivity contribution >= 4 is 29.0 Å². The number of hydrogen-bond donors (Lipinski definition) is 1. The van der Waals surface area contributed by atoms with Crippen LogP contribution < -0.4 is 10.2 Å². The molecule has 174 valence electrons. The number of amides is 1. The molecule has 0 radical (unpaired) electrons. The Morgan fingerprint density at radius 3 is 2.50 bits per heavy atom. The van der Waals surface area contributed by atoms with E-state index < -0.39 is 0 Å². The fraction of sp³-hybridized carbons (Fsp3) is 0.308. The molecule has 1 saturated heterocycles. The van der Waals surface area contributed by atoms with Gasteiger partial charge < -0.3 is 10.2 Å². The van der Waals surface area contributed by atoms with E-state index >= 15 is 0 Å². The van der Waals surface area contributed by atoms with E-state index in [4.69, 9.17) is 16.7 Å². The lowest BCUT2D eigenvalue weighted by Gasteiger charge is -2.32. The lowest BCUT2D eigenvalue weighted by Crippen LogP contribution is -2.41. The second kappa shape index (κ2) is 9.81.